The van der Waals surface area contributed by atoms with Crippen LogP contribution in [0.3, 0.4) is 0 Å². The Kier molecular flexibility index (Phi) is 3.99. The summed E-state index contributed by atoms with van der Waals surface area (Å²) in [5.41, 5.74) is 0.953. The van der Waals surface area contributed by atoms with Gasteiger partial charge < -0.3 is 10.1 Å². The van der Waals surface area contributed by atoms with Gasteiger partial charge in [0.1, 0.15) is 24.0 Å². The summed E-state index contributed by atoms with van der Waals surface area (Å²) in [5, 5.41) is 3.20. The molecule has 0 bridgehead atoms. The molecule has 2 rings (SSSR count). The molecule has 0 unspecified atom stereocenters. The van der Waals surface area contributed by atoms with E-state index >= 15 is 0 Å². The molecule has 2 aromatic rings. The molecule has 0 saturated carbocycles. The quantitative estimate of drug-likeness (QED) is 0.920. The van der Waals surface area contributed by atoms with E-state index in [2.05, 4.69) is 10.3 Å². The fraction of sp³-hybridized carbons (Fsp3) is 0.154. The highest BCUT2D eigenvalue weighted by Crippen LogP contribution is 2.25. The molecule has 0 aliphatic carbocycles. The smallest absolute Gasteiger partial charge is 0.138 e. The summed E-state index contributed by atoms with van der Waals surface area (Å²) in [6.07, 6.45) is 1.69. The van der Waals surface area contributed by atoms with E-state index in [1.807, 2.05) is 12.1 Å². The summed E-state index contributed by atoms with van der Waals surface area (Å²) in [6, 6.07) is 7.77. The van der Waals surface area contributed by atoms with Crippen LogP contribution < -0.4 is 10.1 Å². The van der Waals surface area contributed by atoms with E-state index in [-0.39, 0.29) is 10.8 Å². The van der Waals surface area contributed by atoms with Crippen LogP contribution in [0.15, 0.2) is 36.5 Å². The Balaban J connectivity index is 2.06. The van der Waals surface area contributed by atoms with E-state index in [9.17, 15) is 4.39 Å². The van der Waals surface area contributed by atoms with Crippen LogP contribution in [0.4, 0.5) is 10.2 Å². The monoisotopic (exact) mass is 266 g/mol. The van der Waals surface area contributed by atoms with E-state index in [0.717, 1.165) is 11.4 Å². The maximum atomic E-state index is 12.9. The first-order chi connectivity index (χ1) is 8.69. The van der Waals surface area contributed by atoms with Crippen molar-refractivity contribution in [3.05, 3.63) is 52.9 Å². The van der Waals surface area contributed by atoms with Crippen LogP contribution in [-0.4, -0.2) is 12.0 Å². The van der Waals surface area contributed by atoms with E-state index < -0.39 is 0 Å². The predicted molar refractivity (Wildman–Crippen MR) is 69.5 cm³/mol. The third kappa shape index (κ3) is 3.11. The Bertz CT molecular complexity index is 548. The third-order valence-electron chi connectivity index (χ3n) is 2.37. The highest BCUT2D eigenvalue weighted by atomic mass is 35.5. The number of pyridine rings is 1. The number of ether oxygens (including phenoxy) is 1. The maximum Gasteiger partial charge on any atom is 0.138 e. The van der Waals surface area contributed by atoms with Crippen molar-refractivity contribution in [1.29, 1.82) is 0 Å². The number of halogens is 2. The summed E-state index contributed by atoms with van der Waals surface area (Å²) in [5.74, 6) is 0.843. The number of hydrogen-bond donors (Lipinski definition) is 1. The van der Waals surface area contributed by atoms with Crippen LogP contribution in [0, 0.1) is 5.82 Å². The van der Waals surface area contributed by atoms with Gasteiger partial charge in [-0.2, -0.15) is 0 Å². The number of benzene rings is 1. The number of nitrogens with zero attached hydrogens (tertiary/aromatic N) is 1. The number of nitrogens with one attached hydrogen (secondary N) is 1. The van der Waals surface area contributed by atoms with Gasteiger partial charge in [0.25, 0.3) is 0 Å². The normalized spacial score (nSPS) is 10.2. The van der Waals surface area contributed by atoms with Gasteiger partial charge in [0.05, 0.1) is 5.02 Å². The first-order valence-electron chi connectivity index (χ1n) is 5.39. The van der Waals surface area contributed by atoms with Crippen molar-refractivity contribution >= 4 is 17.4 Å². The van der Waals surface area contributed by atoms with Crippen LogP contribution in [0.1, 0.15) is 5.56 Å². The summed E-state index contributed by atoms with van der Waals surface area (Å²) >= 11 is 5.86. The van der Waals surface area contributed by atoms with Crippen molar-refractivity contribution in [3.8, 4) is 5.75 Å². The zero-order chi connectivity index (χ0) is 13.0. The van der Waals surface area contributed by atoms with Crippen LogP contribution >= 0.6 is 11.6 Å². The molecule has 0 atom stereocenters. The van der Waals surface area contributed by atoms with Crippen LogP contribution in [0.2, 0.25) is 5.02 Å². The average molecular weight is 267 g/mol. The molecule has 5 heteroatoms. The molecule has 0 saturated heterocycles. The lowest BCUT2D eigenvalue weighted by Gasteiger charge is -2.08. The number of aromatic nitrogens is 1. The standard InChI is InChI=1S/C13H12ClFN2O/c1-16-13-6-9(4-5-17-13)8-18-12-3-2-10(15)7-11(12)14/h2-7H,8H2,1H3,(H,16,17). The topological polar surface area (TPSA) is 34.1 Å². The second-order valence-corrected chi connectivity index (χ2v) is 4.07. The molecule has 3 nitrogen and oxygen atoms in total. The van der Waals surface area contributed by atoms with Crippen molar-refractivity contribution in [2.24, 2.45) is 0 Å². The van der Waals surface area contributed by atoms with Gasteiger partial charge >= 0.3 is 0 Å². The Hall–Kier alpha value is -1.81. The Labute approximate surface area is 110 Å². The van der Waals surface area contributed by atoms with Crippen molar-refractivity contribution < 1.29 is 9.13 Å². The minimum absolute atomic E-state index is 0.262. The van der Waals surface area contributed by atoms with Crippen LogP contribution in [-0.2, 0) is 6.61 Å². The zero-order valence-corrected chi connectivity index (χ0v) is 10.5. The first-order valence-corrected chi connectivity index (χ1v) is 5.77. The van der Waals surface area contributed by atoms with E-state index in [1.165, 1.54) is 18.2 Å². The van der Waals surface area contributed by atoms with Crippen molar-refractivity contribution in [2.75, 3.05) is 12.4 Å². The first kappa shape index (κ1) is 12.6. The highest BCUT2D eigenvalue weighted by molar-refractivity contribution is 6.32. The molecule has 0 radical (unpaired) electrons. The maximum absolute atomic E-state index is 12.9. The van der Waals surface area contributed by atoms with Gasteiger partial charge in [-0.3, -0.25) is 0 Å². The van der Waals surface area contributed by atoms with E-state index in [4.69, 9.17) is 16.3 Å². The minimum Gasteiger partial charge on any atom is -0.487 e. The van der Waals surface area contributed by atoms with Gasteiger partial charge in [-0.25, -0.2) is 9.37 Å². The van der Waals surface area contributed by atoms with Gasteiger partial charge in [0.2, 0.25) is 0 Å². The zero-order valence-electron chi connectivity index (χ0n) is 9.78. The molecule has 1 heterocycles. The third-order valence-corrected chi connectivity index (χ3v) is 2.66. The molecule has 18 heavy (non-hydrogen) atoms. The molecule has 0 aliphatic heterocycles. The molecule has 0 fully saturated rings. The predicted octanol–water partition coefficient (Wildman–Crippen LogP) is 3.49. The van der Waals surface area contributed by atoms with Gasteiger partial charge in [-0.05, 0) is 35.9 Å². The fourth-order valence-corrected chi connectivity index (χ4v) is 1.68. The number of hydrogen-bond acceptors (Lipinski definition) is 3. The average Bonchev–Trinajstić information content (AvgIpc) is 2.38. The van der Waals surface area contributed by atoms with Crippen LogP contribution in [0.5, 0.6) is 5.75 Å². The van der Waals surface area contributed by atoms with Gasteiger partial charge in [0.15, 0.2) is 0 Å². The van der Waals surface area contributed by atoms with E-state index in [0.29, 0.717) is 12.4 Å². The van der Waals surface area contributed by atoms with Gasteiger partial charge in [-0.15, -0.1) is 0 Å². The molecule has 1 aromatic heterocycles. The lowest BCUT2D eigenvalue weighted by molar-refractivity contribution is 0.306. The number of anilines is 1. The largest absolute Gasteiger partial charge is 0.487 e. The number of rotatable bonds is 4. The molecule has 94 valence electrons. The summed E-state index contributed by atoms with van der Waals surface area (Å²) in [7, 11) is 1.80. The minimum atomic E-state index is -0.381. The summed E-state index contributed by atoms with van der Waals surface area (Å²) in [4.78, 5) is 4.10. The second kappa shape index (κ2) is 5.69. The lowest BCUT2D eigenvalue weighted by Crippen LogP contribution is -1.99. The Morgan fingerprint density at radius 1 is 1.33 bits per heavy atom. The summed E-state index contributed by atoms with van der Waals surface area (Å²) < 4.78 is 18.4. The molecule has 0 amide bonds. The highest BCUT2D eigenvalue weighted by Gasteiger charge is 2.04. The second-order valence-electron chi connectivity index (χ2n) is 3.66. The van der Waals surface area contributed by atoms with Crippen molar-refractivity contribution in [3.63, 3.8) is 0 Å². The van der Waals surface area contributed by atoms with Crippen molar-refractivity contribution in [2.45, 2.75) is 6.61 Å². The molecular weight excluding hydrogens is 255 g/mol. The SMILES string of the molecule is CNc1cc(COc2ccc(F)cc2Cl)ccn1. The van der Waals surface area contributed by atoms with Gasteiger partial charge in [0, 0.05) is 13.2 Å². The molecule has 0 aliphatic rings. The molecule has 0 spiro atoms. The lowest BCUT2D eigenvalue weighted by atomic mass is 10.2. The molecular formula is C13H12ClFN2O. The van der Waals surface area contributed by atoms with E-state index in [1.54, 1.807) is 13.2 Å². The summed E-state index contributed by atoms with van der Waals surface area (Å²) in [6.45, 7) is 0.350. The molecule has 1 aromatic carbocycles. The van der Waals surface area contributed by atoms with Crippen molar-refractivity contribution in [1.82, 2.24) is 4.98 Å². The Morgan fingerprint density at radius 3 is 2.89 bits per heavy atom. The Morgan fingerprint density at radius 2 is 2.17 bits per heavy atom. The molecule has 1 N–H and O–H groups in total. The fourth-order valence-electron chi connectivity index (χ4n) is 1.45. The van der Waals surface area contributed by atoms with Crippen LogP contribution in [0.25, 0.3) is 0 Å². The van der Waals surface area contributed by atoms with Gasteiger partial charge in [-0.1, -0.05) is 11.6 Å².